The number of allylic oxidation sites excluding steroid dienone is 2. The van der Waals surface area contributed by atoms with Crippen molar-refractivity contribution in [3.63, 3.8) is 0 Å². The number of halogens is 8. The first kappa shape index (κ1) is 16.4. The van der Waals surface area contributed by atoms with Gasteiger partial charge in [0.25, 0.3) is 0 Å². The number of hydrogen-bond donors (Lipinski definition) is 2. The van der Waals surface area contributed by atoms with Crippen LogP contribution in [-0.2, 0) is 5.60 Å². The predicted molar refractivity (Wildman–Crippen MR) is 54.6 cm³/mol. The second-order valence-electron chi connectivity index (χ2n) is 4.33. The van der Waals surface area contributed by atoms with Gasteiger partial charge in [-0.1, -0.05) is 0 Å². The molecule has 0 heterocycles. The summed E-state index contributed by atoms with van der Waals surface area (Å²) in [7, 11) is 0. The van der Waals surface area contributed by atoms with E-state index in [0.717, 1.165) is 0 Å². The van der Waals surface area contributed by atoms with Gasteiger partial charge in [0.2, 0.25) is 5.82 Å². The fraction of sp³-hybridized carbons (Fsp3) is 0.167. The Labute approximate surface area is 116 Å². The molecule has 1 aromatic rings. The molecule has 0 amide bonds. The minimum atomic E-state index is -3.74. The van der Waals surface area contributed by atoms with Crippen LogP contribution in [0.2, 0.25) is 0 Å². The maximum Gasteiger partial charge on any atom is 0.200 e. The predicted octanol–water partition coefficient (Wildman–Crippen LogP) is 2.95. The van der Waals surface area contributed by atoms with Crippen LogP contribution >= 0.6 is 0 Å². The Morgan fingerprint density at radius 3 is 1.64 bits per heavy atom. The van der Waals surface area contributed by atoms with Crippen LogP contribution in [0.3, 0.4) is 0 Å². The molecule has 0 spiro atoms. The van der Waals surface area contributed by atoms with Crippen molar-refractivity contribution >= 4 is 0 Å². The zero-order chi connectivity index (χ0) is 17.0. The van der Waals surface area contributed by atoms with Crippen molar-refractivity contribution in [2.45, 2.75) is 11.7 Å². The lowest BCUT2D eigenvalue weighted by Gasteiger charge is -2.32. The minimum absolute atomic E-state index is 0.394. The van der Waals surface area contributed by atoms with E-state index in [0.29, 0.717) is 0 Å². The Hall–Kier alpha value is -1.94. The van der Waals surface area contributed by atoms with Crippen LogP contribution < -0.4 is 0 Å². The molecule has 2 atom stereocenters. The highest BCUT2D eigenvalue weighted by molar-refractivity contribution is 5.43. The number of benzene rings is 1. The zero-order valence-electron chi connectivity index (χ0n) is 10.1. The Morgan fingerprint density at radius 2 is 1.18 bits per heavy atom. The van der Waals surface area contributed by atoms with Gasteiger partial charge < -0.3 is 10.2 Å². The molecule has 120 valence electrons. The monoisotopic (exact) mass is 332 g/mol. The fourth-order valence-corrected chi connectivity index (χ4v) is 1.93. The molecule has 0 saturated heterocycles. The van der Waals surface area contributed by atoms with Gasteiger partial charge in [0.05, 0.1) is 5.56 Å². The van der Waals surface area contributed by atoms with Crippen LogP contribution in [0.25, 0.3) is 0 Å². The third kappa shape index (κ3) is 2.02. The summed E-state index contributed by atoms with van der Waals surface area (Å²) in [4.78, 5) is 0. The van der Waals surface area contributed by atoms with Crippen LogP contribution in [0, 0.1) is 29.1 Å². The molecular formula is C12H4F8O2. The highest BCUT2D eigenvalue weighted by Crippen LogP contribution is 2.43. The lowest BCUT2D eigenvalue weighted by Crippen LogP contribution is -2.43. The summed E-state index contributed by atoms with van der Waals surface area (Å²) < 4.78 is 106. The molecule has 0 fully saturated rings. The first-order chi connectivity index (χ1) is 10.0. The molecule has 2 unspecified atom stereocenters. The van der Waals surface area contributed by atoms with Crippen molar-refractivity contribution < 1.29 is 45.3 Å². The average Bonchev–Trinajstić information content (AvgIpc) is 2.47. The molecule has 2 rings (SSSR count). The molecule has 0 radical (unpaired) electrons. The minimum Gasteiger partial charge on any atom is -0.382 e. The number of aliphatic hydroxyl groups excluding tert-OH is 1. The van der Waals surface area contributed by atoms with Crippen molar-refractivity contribution in [1.29, 1.82) is 0 Å². The SMILES string of the molecule is OC1C(F)=C(F)C(F)=CC1(O)c1c(F)c(F)c(F)c(F)c1F. The standard InChI is InChI=1S/C12H4F8O2/c13-2-1-12(22,11(21)10(20)4(2)14)3-5(15)7(17)9(19)8(18)6(3)16/h1,11,21-22H. The van der Waals surface area contributed by atoms with E-state index >= 15 is 0 Å². The van der Waals surface area contributed by atoms with Gasteiger partial charge in [0, 0.05) is 0 Å². The van der Waals surface area contributed by atoms with Crippen LogP contribution in [-0.4, -0.2) is 16.3 Å². The highest BCUT2D eigenvalue weighted by atomic mass is 19.2. The van der Waals surface area contributed by atoms with Gasteiger partial charge in [0.15, 0.2) is 40.7 Å². The Morgan fingerprint density at radius 1 is 0.773 bits per heavy atom. The molecule has 0 bridgehead atoms. The smallest absolute Gasteiger partial charge is 0.200 e. The Kier molecular flexibility index (Phi) is 3.78. The summed E-state index contributed by atoms with van der Waals surface area (Å²) in [5.74, 6) is -19.7. The zero-order valence-corrected chi connectivity index (χ0v) is 10.1. The fourth-order valence-electron chi connectivity index (χ4n) is 1.93. The van der Waals surface area contributed by atoms with E-state index in [2.05, 4.69) is 0 Å². The Bertz CT molecular complexity index is 697. The Balaban J connectivity index is 2.83. The van der Waals surface area contributed by atoms with Gasteiger partial charge in [-0.2, -0.15) is 0 Å². The topological polar surface area (TPSA) is 40.5 Å². The number of hydrogen-bond acceptors (Lipinski definition) is 2. The van der Waals surface area contributed by atoms with E-state index in [9.17, 15) is 45.3 Å². The van der Waals surface area contributed by atoms with Crippen LogP contribution in [0.15, 0.2) is 23.6 Å². The van der Waals surface area contributed by atoms with E-state index in [4.69, 9.17) is 0 Å². The molecule has 0 aliphatic heterocycles. The van der Waals surface area contributed by atoms with E-state index in [1.54, 1.807) is 0 Å². The molecule has 22 heavy (non-hydrogen) atoms. The molecule has 1 aliphatic carbocycles. The summed E-state index contributed by atoms with van der Waals surface area (Å²) in [5.41, 5.74) is -5.86. The number of rotatable bonds is 1. The van der Waals surface area contributed by atoms with Gasteiger partial charge in [-0.3, -0.25) is 0 Å². The molecule has 2 nitrogen and oxygen atoms in total. The lowest BCUT2D eigenvalue weighted by atomic mass is 9.83. The van der Waals surface area contributed by atoms with Crippen LogP contribution in [0.1, 0.15) is 5.56 Å². The van der Waals surface area contributed by atoms with Crippen molar-refractivity contribution in [2.24, 2.45) is 0 Å². The summed E-state index contributed by atoms with van der Waals surface area (Å²) in [6.07, 6.45) is -3.52. The van der Waals surface area contributed by atoms with Crippen molar-refractivity contribution in [1.82, 2.24) is 0 Å². The van der Waals surface area contributed by atoms with Crippen LogP contribution in [0.5, 0.6) is 0 Å². The van der Waals surface area contributed by atoms with Gasteiger partial charge in [-0.15, -0.1) is 0 Å². The summed E-state index contributed by atoms with van der Waals surface area (Å²) in [5, 5.41) is 19.2. The molecule has 2 N–H and O–H groups in total. The first-order valence-electron chi connectivity index (χ1n) is 5.40. The molecule has 0 aromatic heterocycles. The first-order valence-corrected chi connectivity index (χ1v) is 5.40. The summed E-state index contributed by atoms with van der Waals surface area (Å²) in [6.45, 7) is 0. The van der Waals surface area contributed by atoms with E-state index < -0.39 is 69.9 Å². The third-order valence-corrected chi connectivity index (χ3v) is 3.03. The number of aliphatic hydroxyl groups is 2. The van der Waals surface area contributed by atoms with Gasteiger partial charge in [-0.05, 0) is 6.08 Å². The van der Waals surface area contributed by atoms with Gasteiger partial charge in [-0.25, -0.2) is 35.1 Å². The summed E-state index contributed by atoms with van der Waals surface area (Å²) in [6, 6.07) is 0. The van der Waals surface area contributed by atoms with Crippen molar-refractivity contribution in [2.75, 3.05) is 0 Å². The van der Waals surface area contributed by atoms with Crippen LogP contribution in [0.4, 0.5) is 35.1 Å². The third-order valence-electron chi connectivity index (χ3n) is 3.03. The molecule has 0 saturated carbocycles. The van der Waals surface area contributed by atoms with Gasteiger partial charge in [0.1, 0.15) is 11.7 Å². The maximum absolute atomic E-state index is 13.6. The highest BCUT2D eigenvalue weighted by Gasteiger charge is 2.49. The molecule has 1 aromatic carbocycles. The molecular weight excluding hydrogens is 328 g/mol. The summed E-state index contributed by atoms with van der Waals surface area (Å²) >= 11 is 0. The largest absolute Gasteiger partial charge is 0.382 e. The lowest BCUT2D eigenvalue weighted by molar-refractivity contribution is -0.0459. The average molecular weight is 332 g/mol. The van der Waals surface area contributed by atoms with Crippen molar-refractivity contribution in [3.05, 3.63) is 58.2 Å². The van der Waals surface area contributed by atoms with E-state index in [1.165, 1.54) is 0 Å². The molecule has 1 aliphatic rings. The second kappa shape index (κ2) is 5.06. The maximum atomic E-state index is 13.6. The van der Waals surface area contributed by atoms with E-state index in [1.807, 2.05) is 0 Å². The van der Waals surface area contributed by atoms with Crippen molar-refractivity contribution in [3.8, 4) is 0 Å². The normalized spacial score (nSPS) is 25.5. The van der Waals surface area contributed by atoms with E-state index in [-0.39, 0.29) is 0 Å². The second-order valence-corrected chi connectivity index (χ2v) is 4.33. The molecule has 10 heteroatoms. The quantitative estimate of drug-likeness (QED) is 0.472. The van der Waals surface area contributed by atoms with Gasteiger partial charge >= 0.3 is 0 Å².